The third-order valence-corrected chi connectivity index (χ3v) is 6.88. The minimum atomic E-state index is -0.283. The molecule has 9 heteroatoms. The number of aliphatic hydroxyl groups is 1. The van der Waals surface area contributed by atoms with Gasteiger partial charge in [0, 0.05) is 43.0 Å². The second-order valence-electron chi connectivity index (χ2n) is 8.03. The first kappa shape index (κ1) is 21.4. The number of carbonyl (C=O) groups is 2. The van der Waals surface area contributed by atoms with Crippen LogP contribution in [0.5, 0.6) is 11.5 Å². The number of likely N-dealkylation sites (tertiary alicyclic amines) is 1. The summed E-state index contributed by atoms with van der Waals surface area (Å²) in [5, 5.41) is 12.5. The fourth-order valence-electron chi connectivity index (χ4n) is 4.21. The molecule has 0 saturated carbocycles. The van der Waals surface area contributed by atoms with Crippen molar-refractivity contribution in [3.63, 3.8) is 0 Å². The molecule has 2 amide bonds. The number of benzene rings is 1. The van der Waals surface area contributed by atoms with E-state index >= 15 is 0 Å². The molecule has 0 bridgehead atoms. The van der Waals surface area contributed by atoms with Gasteiger partial charge in [-0.05, 0) is 50.1 Å². The number of fused-ring (bicyclic) bond motifs is 2. The summed E-state index contributed by atoms with van der Waals surface area (Å²) in [6.07, 6.45) is 3.78. The summed E-state index contributed by atoms with van der Waals surface area (Å²) < 4.78 is 8.60. The van der Waals surface area contributed by atoms with E-state index in [2.05, 4.69) is 10.3 Å². The molecule has 0 radical (unpaired) electrons. The third-order valence-electron chi connectivity index (χ3n) is 5.76. The maximum atomic E-state index is 12.8. The van der Waals surface area contributed by atoms with Gasteiger partial charge in [-0.2, -0.15) is 0 Å². The summed E-state index contributed by atoms with van der Waals surface area (Å²) >= 11 is 1.40. The number of pyridine rings is 1. The van der Waals surface area contributed by atoms with Crippen LogP contribution in [0, 0.1) is 6.92 Å². The summed E-state index contributed by atoms with van der Waals surface area (Å²) in [6, 6.07) is 10.8. The zero-order chi connectivity index (χ0) is 22.9. The van der Waals surface area contributed by atoms with Crippen molar-refractivity contribution >= 4 is 44.4 Å². The Morgan fingerprint density at radius 2 is 2.00 bits per heavy atom. The van der Waals surface area contributed by atoms with Crippen LogP contribution < -0.4 is 10.1 Å². The Hall–Kier alpha value is -3.43. The predicted octanol–water partition coefficient (Wildman–Crippen LogP) is 4.14. The summed E-state index contributed by atoms with van der Waals surface area (Å²) in [4.78, 5) is 32.2. The minimum Gasteiger partial charge on any atom is -0.456 e. The molecule has 1 aliphatic heterocycles. The van der Waals surface area contributed by atoms with Crippen LogP contribution >= 0.6 is 11.3 Å². The van der Waals surface area contributed by atoms with E-state index in [1.807, 2.05) is 42.2 Å². The van der Waals surface area contributed by atoms with Crippen molar-refractivity contribution in [1.29, 1.82) is 0 Å². The number of aryl methyl sites for hydroxylation is 1. The van der Waals surface area contributed by atoms with E-state index in [1.165, 1.54) is 11.3 Å². The monoisotopic (exact) mass is 464 g/mol. The van der Waals surface area contributed by atoms with Crippen molar-refractivity contribution in [3.8, 4) is 11.5 Å². The first-order valence-electron chi connectivity index (χ1n) is 10.9. The molecule has 4 heterocycles. The van der Waals surface area contributed by atoms with E-state index in [9.17, 15) is 9.59 Å². The Balaban J connectivity index is 1.44. The number of nitrogens with one attached hydrogen (secondary N) is 1. The Bertz CT molecular complexity index is 1350. The van der Waals surface area contributed by atoms with Crippen LogP contribution in [0.4, 0.5) is 4.79 Å². The number of nitrogens with zero attached hydrogens (tertiary/aromatic N) is 3. The summed E-state index contributed by atoms with van der Waals surface area (Å²) in [5.41, 5.74) is 2.28. The number of ether oxygens (including phenoxy) is 1. The number of amides is 2. The molecule has 1 saturated heterocycles. The quantitative estimate of drug-likeness (QED) is 0.463. The zero-order valence-electron chi connectivity index (χ0n) is 18.2. The van der Waals surface area contributed by atoms with Gasteiger partial charge in [0.15, 0.2) is 0 Å². The molecule has 5 rings (SSSR count). The van der Waals surface area contributed by atoms with Gasteiger partial charge in [0.25, 0.3) is 5.91 Å². The molecule has 4 aromatic rings. The highest BCUT2D eigenvalue weighted by Crippen LogP contribution is 2.36. The van der Waals surface area contributed by atoms with Gasteiger partial charge in [-0.15, -0.1) is 11.3 Å². The van der Waals surface area contributed by atoms with Crippen molar-refractivity contribution in [1.82, 2.24) is 19.8 Å². The number of aromatic nitrogens is 2. The summed E-state index contributed by atoms with van der Waals surface area (Å²) in [5.74, 6) is 1.32. The standard InChI is InChI=1S/C24H24N4O4S/c1-15-12-16-13-17(4-5-19(16)28(15)24(31)26-8-11-29)32-20-6-7-25-18-14-21(33-22(18)20)23(30)27-9-2-3-10-27/h4-7,12-14,29H,2-3,8-11H2,1H3,(H,26,31). The Labute approximate surface area is 194 Å². The van der Waals surface area contributed by atoms with Crippen LogP contribution in [0.15, 0.2) is 42.6 Å². The van der Waals surface area contributed by atoms with Crippen LogP contribution in [-0.2, 0) is 0 Å². The normalized spacial score (nSPS) is 13.7. The smallest absolute Gasteiger partial charge is 0.326 e. The fraction of sp³-hybridized carbons (Fsp3) is 0.292. The molecular formula is C24H24N4O4S. The van der Waals surface area contributed by atoms with E-state index in [4.69, 9.17) is 9.84 Å². The van der Waals surface area contributed by atoms with Crippen LogP contribution in [0.3, 0.4) is 0 Å². The zero-order valence-corrected chi connectivity index (χ0v) is 19.0. The molecular weight excluding hydrogens is 440 g/mol. The Kier molecular flexibility index (Phi) is 5.74. The van der Waals surface area contributed by atoms with Gasteiger partial charge >= 0.3 is 6.03 Å². The first-order valence-corrected chi connectivity index (χ1v) is 11.7. The summed E-state index contributed by atoms with van der Waals surface area (Å²) in [7, 11) is 0. The van der Waals surface area contributed by atoms with Gasteiger partial charge in [0.2, 0.25) is 0 Å². The van der Waals surface area contributed by atoms with Crippen molar-refractivity contribution in [3.05, 3.63) is 53.2 Å². The number of rotatable bonds is 5. The van der Waals surface area contributed by atoms with E-state index in [0.29, 0.717) is 16.4 Å². The average molecular weight is 465 g/mol. The molecule has 0 atom stereocenters. The van der Waals surface area contributed by atoms with Crippen LogP contribution in [-0.4, -0.2) is 57.7 Å². The average Bonchev–Trinajstić information content (AvgIpc) is 3.55. The third kappa shape index (κ3) is 4.05. The summed E-state index contributed by atoms with van der Waals surface area (Å²) in [6.45, 7) is 3.55. The van der Waals surface area contributed by atoms with Crippen LogP contribution in [0.25, 0.3) is 21.1 Å². The largest absolute Gasteiger partial charge is 0.456 e. The van der Waals surface area contributed by atoms with Gasteiger partial charge in [-0.3, -0.25) is 14.3 Å². The molecule has 3 aromatic heterocycles. The number of hydrogen-bond acceptors (Lipinski definition) is 6. The molecule has 33 heavy (non-hydrogen) atoms. The van der Waals surface area contributed by atoms with E-state index in [1.54, 1.807) is 16.8 Å². The Morgan fingerprint density at radius 1 is 1.18 bits per heavy atom. The molecule has 1 aromatic carbocycles. The van der Waals surface area contributed by atoms with Gasteiger partial charge in [0.05, 0.1) is 27.2 Å². The first-order chi connectivity index (χ1) is 16.0. The maximum Gasteiger partial charge on any atom is 0.326 e. The highest BCUT2D eigenvalue weighted by atomic mass is 32.1. The van der Waals surface area contributed by atoms with Gasteiger partial charge < -0.3 is 20.1 Å². The molecule has 0 spiro atoms. The fourth-order valence-corrected chi connectivity index (χ4v) is 5.24. The molecule has 2 N–H and O–H groups in total. The lowest BCUT2D eigenvalue weighted by atomic mass is 10.2. The number of aliphatic hydroxyl groups excluding tert-OH is 1. The number of thiophene rings is 1. The van der Waals surface area contributed by atoms with Crippen molar-refractivity contribution in [2.45, 2.75) is 19.8 Å². The molecule has 1 aliphatic rings. The minimum absolute atomic E-state index is 0.0548. The number of hydrogen-bond donors (Lipinski definition) is 2. The topological polar surface area (TPSA) is 96.7 Å². The molecule has 0 aliphatic carbocycles. The maximum absolute atomic E-state index is 12.8. The lowest BCUT2D eigenvalue weighted by Gasteiger charge is -2.13. The molecule has 0 unspecified atom stereocenters. The Morgan fingerprint density at radius 3 is 2.79 bits per heavy atom. The second kappa shape index (κ2) is 8.84. The van der Waals surface area contributed by atoms with Crippen molar-refractivity contribution in [2.24, 2.45) is 0 Å². The SMILES string of the molecule is Cc1cc2cc(Oc3ccnc4cc(C(=O)N5CCCC5)sc34)ccc2n1C(=O)NCCO. The highest BCUT2D eigenvalue weighted by Gasteiger charge is 2.22. The number of carbonyl (C=O) groups excluding carboxylic acids is 2. The highest BCUT2D eigenvalue weighted by molar-refractivity contribution is 7.21. The van der Waals surface area contributed by atoms with Crippen LogP contribution in [0.1, 0.15) is 28.2 Å². The van der Waals surface area contributed by atoms with E-state index < -0.39 is 0 Å². The van der Waals surface area contributed by atoms with Gasteiger partial charge in [0.1, 0.15) is 11.5 Å². The van der Waals surface area contributed by atoms with Crippen LogP contribution in [0.2, 0.25) is 0 Å². The van der Waals surface area contributed by atoms with E-state index in [-0.39, 0.29) is 25.1 Å². The van der Waals surface area contributed by atoms with Gasteiger partial charge in [-0.25, -0.2) is 4.79 Å². The van der Waals surface area contributed by atoms with E-state index in [0.717, 1.165) is 52.7 Å². The van der Waals surface area contributed by atoms with Gasteiger partial charge in [-0.1, -0.05) is 0 Å². The second-order valence-corrected chi connectivity index (χ2v) is 9.08. The molecule has 8 nitrogen and oxygen atoms in total. The lowest BCUT2D eigenvalue weighted by Crippen LogP contribution is -2.31. The van der Waals surface area contributed by atoms with Crippen molar-refractivity contribution in [2.75, 3.05) is 26.2 Å². The van der Waals surface area contributed by atoms with Crippen molar-refractivity contribution < 1.29 is 19.4 Å². The lowest BCUT2D eigenvalue weighted by molar-refractivity contribution is 0.0797. The molecule has 170 valence electrons. The predicted molar refractivity (Wildman–Crippen MR) is 127 cm³/mol. The molecule has 1 fully saturated rings.